The zero-order valence-corrected chi connectivity index (χ0v) is 10.9. The van der Waals surface area contributed by atoms with Crippen molar-refractivity contribution < 1.29 is 18.6 Å². The van der Waals surface area contributed by atoms with Gasteiger partial charge in [-0.15, -0.1) is 0 Å². The molecule has 2 aromatic rings. The summed E-state index contributed by atoms with van der Waals surface area (Å²) in [5, 5.41) is 16.9. The topological polar surface area (TPSA) is 124 Å². The number of amides is 1. The molecule has 0 aliphatic rings. The summed E-state index contributed by atoms with van der Waals surface area (Å²) >= 11 is 0. The fourth-order valence-corrected chi connectivity index (χ4v) is 1.68. The molecular formula is C12H11FN4O4. The lowest BCUT2D eigenvalue weighted by Crippen LogP contribution is -2.24. The number of halogens is 1. The molecule has 3 N–H and O–H groups in total. The van der Waals surface area contributed by atoms with Crippen LogP contribution in [0.4, 0.5) is 15.8 Å². The first-order chi connectivity index (χ1) is 9.88. The van der Waals surface area contributed by atoms with Gasteiger partial charge in [-0.2, -0.15) is 0 Å². The molecule has 0 atom stereocenters. The quantitative estimate of drug-likeness (QED) is 0.500. The molecule has 0 aliphatic heterocycles. The SMILES string of the molecule is Cc1cc(CNC(=O)c2cc(N)c(F)cc2[N+](=O)[O-])no1. The van der Waals surface area contributed by atoms with E-state index in [2.05, 4.69) is 10.5 Å². The molecular weight excluding hydrogens is 283 g/mol. The third-order valence-electron chi connectivity index (χ3n) is 2.66. The van der Waals surface area contributed by atoms with Gasteiger partial charge in [-0.05, 0) is 13.0 Å². The number of nitrogens with one attached hydrogen (secondary N) is 1. The third kappa shape index (κ3) is 3.14. The Morgan fingerprint density at radius 2 is 2.24 bits per heavy atom. The smallest absolute Gasteiger partial charge is 0.285 e. The number of aromatic nitrogens is 1. The Labute approximate surface area is 117 Å². The number of nitrogens with zero attached hydrogens (tertiary/aromatic N) is 2. The Balaban J connectivity index is 2.22. The van der Waals surface area contributed by atoms with Crippen molar-refractivity contribution in [3.05, 3.63) is 51.1 Å². The summed E-state index contributed by atoms with van der Waals surface area (Å²) in [7, 11) is 0. The number of anilines is 1. The van der Waals surface area contributed by atoms with Crippen molar-refractivity contribution >= 4 is 17.3 Å². The molecule has 0 unspecified atom stereocenters. The number of aryl methyl sites for hydroxylation is 1. The lowest BCUT2D eigenvalue weighted by atomic mass is 10.1. The summed E-state index contributed by atoms with van der Waals surface area (Å²) in [6.45, 7) is 1.70. The number of hydrogen-bond donors (Lipinski definition) is 2. The molecule has 0 saturated carbocycles. The van der Waals surface area contributed by atoms with E-state index in [0.717, 1.165) is 6.07 Å². The van der Waals surface area contributed by atoms with Crippen LogP contribution < -0.4 is 11.1 Å². The Bertz CT molecular complexity index is 713. The Morgan fingerprint density at radius 3 is 2.81 bits per heavy atom. The van der Waals surface area contributed by atoms with E-state index in [1.807, 2.05) is 0 Å². The minimum absolute atomic E-state index is 0.0185. The minimum Gasteiger partial charge on any atom is -0.396 e. The number of benzene rings is 1. The van der Waals surface area contributed by atoms with E-state index in [-0.39, 0.29) is 17.8 Å². The first-order valence-electron chi connectivity index (χ1n) is 5.82. The molecule has 1 heterocycles. The molecule has 1 aromatic carbocycles. The molecule has 1 aromatic heterocycles. The highest BCUT2D eigenvalue weighted by Gasteiger charge is 2.23. The van der Waals surface area contributed by atoms with Crippen LogP contribution in [0.25, 0.3) is 0 Å². The molecule has 0 spiro atoms. The second kappa shape index (κ2) is 5.57. The maximum absolute atomic E-state index is 13.3. The Morgan fingerprint density at radius 1 is 1.52 bits per heavy atom. The van der Waals surface area contributed by atoms with Gasteiger partial charge in [0.1, 0.15) is 17.0 Å². The van der Waals surface area contributed by atoms with Crippen molar-refractivity contribution in [1.29, 1.82) is 0 Å². The van der Waals surface area contributed by atoms with Crippen LogP contribution in [-0.4, -0.2) is 16.0 Å². The van der Waals surface area contributed by atoms with Gasteiger partial charge in [-0.1, -0.05) is 5.16 Å². The van der Waals surface area contributed by atoms with Crippen molar-refractivity contribution in [3.63, 3.8) is 0 Å². The fourth-order valence-electron chi connectivity index (χ4n) is 1.68. The normalized spacial score (nSPS) is 10.4. The van der Waals surface area contributed by atoms with Gasteiger partial charge in [0.25, 0.3) is 11.6 Å². The second-order valence-corrected chi connectivity index (χ2v) is 4.26. The van der Waals surface area contributed by atoms with E-state index in [1.54, 1.807) is 13.0 Å². The number of nitro groups is 1. The van der Waals surface area contributed by atoms with Crippen LogP contribution in [0.3, 0.4) is 0 Å². The van der Waals surface area contributed by atoms with Crippen molar-refractivity contribution in [2.45, 2.75) is 13.5 Å². The average Bonchev–Trinajstić information content (AvgIpc) is 2.84. The highest BCUT2D eigenvalue weighted by Crippen LogP contribution is 2.24. The number of rotatable bonds is 4. The summed E-state index contributed by atoms with van der Waals surface area (Å²) in [4.78, 5) is 22.0. The third-order valence-corrected chi connectivity index (χ3v) is 2.66. The molecule has 0 radical (unpaired) electrons. The van der Waals surface area contributed by atoms with Crippen LogP contribution in [0.5, 0.6) is 0 Å². The second-order valence-electron chi connectivity index (χ2n) is 4.26. The fraction of sp³-hybridized carbons (Fsp3) is 0.167. The molecule has 1 amide bonds. The molecule has 21 heavy (non-hydrogen) atoms. The van der Waals surface area contributed by atoms with Crippen LogP contribution in [0.2, 0.25) is 0 Å². The summed E-state index contributed by atoms with van der Waals surface area (Å²) < 4.78 is 18.1. The minimum atomic E-state index is -0.953. The molecule has 110 valence electrons. The van der Waals surface area contributed by atoms with Gasteiger partial charge in [0.2, 0.25) is 0 Å². The van der Waals surface area contributed by atoms with Crippen molar-refractivity contribution in [3.8, 4) is 0 Å². The highest BCUT2D eigenvalue weighted by molar-refractivity contribution is 5.99. The van der Waals surface area contributed by atoms with Gasteiger partial charge in [-0.3, -0.25) is 14.9 Å². The summed E-state index contributed by atoms with van der Waals surface area (Å²) in [5.74, 6) is -1.14. The zero-order chi connectivity index (χ0) is 15.6. The van der Waals surface area contributed by atoms with Gasteiger partial charge in [0, 0.05) is 6.07 Å². The van der Waals surface area contributed by atoms with Crippen LogP contribution in [0.15, 0.2) is 22.7 Å². The van der Waals surface area contributed by atoms with Gasteiger partial charge < -0.3 is 15.6 Å². The largest absolute Gasteiger partial charge is 0.396 e. The first-order valence-corrected chi connectivity index (χ1v) is 5.82. The number of nitrogens with two attached hydrogens (primary N) is 1. The Hall–Kier alpha value is -2.97. The number of carbonyl (C=O) groups is 1. The maximum Gasteiger partial charge on any atom is 0.285 e. The van der Waals surface area contributed by atoms with Crippen molar-refractivity contribution in [1.82, 2.24) is 10.5 Å². The molecule has 0 aliphatic carbocycles. The van der Waals surface area contributed by atoms with Gasteiger partial charge in [0.05, 0.1) is 23.2 Å². The zero-order valence-electron chi connectivity index (χ0n) is 10.9. The highest BCUT2D eigenvalue weighted by atomic mass is 19.1. The van der Waals surface area contributed by atoms with Crippen LogP contribution in [0, 0.1) is 22.9 Å². The molecule has 0 bridgehead atoms. The number of nitro benzene ring substituents is 1. The van der Waals surface area contributed by atoms with E-state index in [4.69, 9.17) is 10.3 Å². The van der Waals surface area contributed by atoms with E-state index < -0.39 is 22.3 Å². The summed E-state index contributed by atoms with van der Waals surface area (Å²) in [6, 6.07) is 3.15. The molecule has 8 nitrogen and oxygen atoms in total. The maximum atomic E-state index is 13.3. The summed E-state index contributed by atoms with van der Waals surface area (Å²) in [6.07, 6.45) is 0. The van der Waals surface area contributed by atoms with Gasteiger partial charge >= 0.3 is 0 Å². The van der Waals surface area contributed by atoms with Gasteiger partial charge in [-0.25, -0.2) is 4.39 Å². The first kappa shape index (κ1) is 14.4. The monoisotopic (exact) mass is 294 g/mol. The lowest BCUT2D eigenvalue weighted by Gasteiger charge is -2.06. The van der Waals surface area contributed by atoms with E-state index >= 15 is 0 Å². The molecule has 2 rings (SSSR count). The van der Waals surface area contributed by atoms with Crippen LogP contribution in [0.1, 0.15) is 21.8 Å². The van der Waals surface area contributed by atoms with E-state index in [1.165, 1.54) is 0 Å². The lowest BCUT2D eigenvalue weighted by molar-refractivity contribution is -0.385. The van der Waals surface area contributed by atoms with E-state index in [0.29, 0.717) is 17.5 Å². The molecule has 0 saturated heterocycles. The Kier molecular flexibility index (Phi) is 3.83. The number of hydrogen-bond acceptors (Lipinski definition) is 6. The molecule has 0 fully saturated rings. The predicted octanol–water partition coefficient (Wildman–Crippen LogP) is 1.54. The average molecular weight is 294 g/mol. The number of nitrogen functional groups attached to an aromatic ring is 1. The van der Waals surface area contributed by atoms with Crippen molar-refractivity contribution in [2.75, 3.05) is 5.73 Å². The predicted molar refractivity (Wildman–Crippen MR) is 69.9 cm³/mol. The van der Waals surface area contributed by atoms with Crippen LogP contribution in [-0.2, 0) is 6.54 Å². The van der Waals surface area contributed by atoms with E-state index in [9.17, 15) is 19.3 Å². The van der Waals surface area contributed by atoms with Crippen LogP contribution >= 0.6 is 0 Å². The summed E-state index contributed by atoms with van der Waals surface area (Å²) in [5.41, 5.74) is 4.47. The standard InChI is InChI=1S/C12H11FN4O4/c1-6-2-7(16-21-6)5-15-12(18)8-3-10(14)9(13)4-11(8)17(19)20/h2-4H,5,14H2,1H3,(H,15,18). The number of carbonyl (C=O) groups excluding carboxylic acids is 1. The molecule has 9 heteroatoms. The van der Waals surface area contributed by atoms with Gasteiger partial charge in [0.15, 0.2) is 5.82 Å². The van der Waals surface area contributed by atoms with Crippen molar-refractivity contribution in [2.24, 2.45) is 0 Å².